The van der Waals surface area contributed by atoms with Gasteiger partial charge in [-0.15, -0.1) is 0 Å². The molecule has 2 N–H and O–H groups in total. The first-order chi connectivity index (χ1) is 8.11. The number of hydrogen-bond acceptors (Lipinski definition) is 1. The third kappa shape index (κ3) is 2.71. The van der Waals surface area contributed by atoms with Gasteiger partial charge >= 0.3 is 0 Å². The minimum atomic E-state index is 0.242. The first-order valence-electron chi connectivity index (χ1n) is 7.00. The van der Waals surface area contributed by atoms with Crippen molar-refractivity contribution in [2.75, 3.05) is 0 Å². The summed E-state index contributed by atoms with van der Waals surface area (Å²) in [6.45, 7) is 6.87. The average Bonchev–Trinajstić information content (AvgIpc) is 2.48. The van der Waals surface area contributed by atoms with Gasteiger partial charge in [0.1, 0.15) is 0 Å². The van der Waals surface area contributed by atoms with E-state index in [2.05, 4.69) is 39.0 Å². The molecule has 0 aliphatic heterocycles. The molecule has 0 radical (unpaired) electrons. The maximum Gasteiger partial charge on any atom is 0.0300 e. The second kappa shape index (κ2) is 5.22. The van der Waals surface area contributed by atoms with Gasteiger partial charge in [-0.25, -0.2) is 0 Å². The van der Waals surface area contributed by atoms with Crippen LogP contribution < -0.4 is 5.73 Å². The van der Waals surface area contributed by atoms with Crippen molar-refractivity contribution in [1.29, 1.82) is 0 Å². The number of rotatable bonds is 2. The fourth-order valence-corrected chi connectivity index (χ4v) is 2.81. The zero-order valence-corrected chi connectivity index (χ0v) is 11.4. The molecule has 1 aromatic carbocycles. The molecular formula is C16H25N. The van der Waals surface area contributed by atoms with E-state index < -0.39 is 0 Å². The maximum absolute atomic E-state index is 6.35. The lowest BCUT2D eigenvalue weighted by atomic mass is 9.91. The van der Waals surface area contributed by atoms with E-state index in [1.807, 2.05) is 0 Å². The normalized spacial score (nSPS) is 26.1. The quantitative estimate of drug-likeness (QED) is 0.759. The third-order valence-corrected chi connectivity index (χ3v) is 4.31. The fraction of sp³-hybridized carbons (Fsp3) is 0.625. The second-order valence-corrected chi connectivity index (χ2v) is 5.75. The zero-order valence-electron chi connectivity index (χ0n) is 11.4. The largest absolute Gasteiger partial charge is 0.324 e. The summed E-state index contributed by atoms with van der Waals surface area (Å²) in [5, 5.41) is 0. The van der Waals surface area contributed by atoms with Crippen molar-refractivity contribution in [2.45, 2.75) is 58.4 Å². The SMILES string of the molecule is CCC(C)c1ccc2c(c1)C(N)CC(C)CC2. The van der Waals surface area contributed by atoms with Crippen LogP contribution >= 0.6 is 0 Å². The van der Waals surface area contributed by atoms with Crippen molar-refractivity contribution in [3.63, 3.8) is 0 Å². The highest BCUT2D eigenvalue weighted by Crippen LogP contribution is 2.32. The summed E-state index contributed by atoms with van der Waals surface area (Å²) in [7, 11) is 0. The molecule has 2 rings (SSSR count). The Morgan fingerprint density at radius 1 is 1.41 bits per heavy atom. The minimum absolute atomic E-state index is 0.242. The van der Waals surface area contributed by atoms with Gasteiger partial charge in [0, 0.05) is 6.04 Å². The highest BCUT2D eigenvalue weighted by molar-refractivity contribution is 5.36. The Bertz CT molecular complexity index is 383. The maximum atomic E-state index is 6.35. The Morgan fingerprint density at radius 3 is 2.88 bits per heavy atom. The van der Waals surface area contributed by atoms with Crippen LogP contribution in [0.15, 0.2) is 18.2 Å². The van der Waals surface area contributed by atoms with E-state index in [0.717, 1.165) is 12.3 Å². The molecule has 1 heteroatoms. The molecule has 3 unspecified atom stereocenters. The summed E-state index contributed by atoms with van der Waals surface area (Å²) in [6.07, 6.45) is 4.82. The lowest BCUT2D eigenvalue weighted by Crippen LogP contribution is -2.13. The molecule has 94 valence electrons. The molecule has 0 saturated carbocycles. The Morgan fingerprint density at radius 2 is 2.18 bits per heavy atom. The topological polar surface area (TPSA) is 26.0 Å². The van der Waals surface area contributed by atoms with Gasteiger partial charge in [-0.1, -0.05) is 39.0 Å². The van der Waals surface area contributed by atoms with E-state index in [9.17, 15) is 0 Å². The predicted octanol–water partition coefficient (Wildman–Crippen LogP) is 4.17. The van der Waals surface area contributed by atoms with E-state index >= 15 is 0 Å². The number of nitrogens with two attached hydrogens (primary N) is 1. The highest BCUT2D eigenvalue weighted by Gasteiger charge is 2.20. The van der Waals surface area contributed by atoms with Gasteiger partial charge in [0.15, 0.2) is 0 Å². The molecule has 0 bridgehead atoms. The predicted molar refractivity (Wildman–Crippen MR) is 74.2 cm³/mol. The minimum Gasteiger partial charge on any atom is -0.324 e. The number of aryl methyl sites for hydroxylation is 1. The zero-order chi connectivity index (χ0) is 12.4. The smallest absolute Gasteiger partial charge is 0.0300 e. The van der Waals surface area contributed by atoms with Crippen LogP contribution in [0, 0.1) is 5.92 Å². The van der Waals surface area contributed by atoms with Crippen LogP contribution in [0.25, 0.3) is 0 Å². The summed E-state index contributed by atoms with van der Waals surface area (Å²) in [6, 6.07) is 7.22. The van der Waals surface area contributed by atoms with Crippen molar-refractivity contribution in [2.24, 2.45) is 11.7 Å². The fourth-order valence-electron chi connectivity index (χ4n) is 2.81. The second-order valence-electron chi connectivity index (χ2n) is 5.75. The van der Waals surface area contributed by atoms with Gasteiger partial charge in [-0.2, -0.15) is 0 Å². The number of hydrogen-bond donors (Lipinski definition) is 1. The summed E-state index contributed by atoms with van der Waals surface area (Å²) >= 11 is 0. The molecular weight excluding hydrogens is 206 g/mol. The molecule has 17 heavy (non-hydrogen) atoms. The number of fused-ring (bicyclic) bond motifs is 1. The lowest BCUT2D eigenvalue weighted by molar-refractivity contribution is 0.464. The molecule has 0 aromatic heterocycles. The molecule has 1 aliphatic rings. The van der Waals surface area contributed by atoms with Crippen LogP contribution in [0.4, 0.5) is 0 Å². The monoisotopic (exact) mass is 231 g/mol. The number of benzene rings is 1. The van der Waals surface area contributed by atoms with Gasteiger partial charge in [0.25, 0.3) is 0 Å². The molecule has 1 aliphatic carbocycles. The Balaban J connectivity index is 2.34. The Kier molecular flexibility index (Phi) is 3.88. The van der Waals surface area contributed by atoms with Crippen LogP contribution in [0.2, 0.25) is 0 Å². The Labute approximate surface area is 105 Å². The molecule has 1 nitrogen and oxygen atoms in total. The molecule has 0 saturated heterocycles. The van der Waals surface area contributed by atoms with Gasteiger partial charge in [0.2, 0.25) is 0 Å². The summed E-state index contributed by atoms with van der Waals surface area (Å²) < 4.78 is 0. The molecule has 0 heterocycles. The third-order valence-electron chi connectivity index (χ3n) is 4.31. The standard InChI is InChI=1S/C16H25N/c1-4-12(3)14-8-7-13-6-5-11(2)9-16(17)15(13)10-14/h7-8,10-12,16H,4-6,9,17H2,1-3H3. The molecule has 0 amide bonds. The van der Waals surface area contributed by atoms with Gasteiger partial charge in [0.05, 0.1) is 0 Å². The van der Waals surface area contributed by atoms with Crippen molar-refractivity contribution in [1.82, 2.24) is 0 Å². The first kappa shape index (κ1) is 12.6. The van der Waals surface area contributed by atoms with E-state index in [1.54, 1.807) is 0 Å². The van der Waals surface area contributed by atoms with Gasteiger partial charge in [-0.05, 0) is 54.2 Å². The van der Waals surface area contributed by atoms with Crippen molar-refractivity contribution in [3.05, 3.63) is 34.9 Å². The van der Waals surface area contributed by atoms with Gasteiger partial charge in [-0.3, -0.25) is 0 Å². The van der Waals surface area contributed by atoms with Crippen molar-refractivity contribution < 1.29 is 0 Å². The molecule has 0 fully saturated rings. The highest BCUT2D eigenvalue weighted by atomic mass is 14.6. The molecule has 1 aromatic rings. The van der Waals surface area contributed by atoms with Crippen LogP contribution in [0.5, 0.6) is 0 Å². The summed E-state index contributed by atoms with van der Waals surface area (Å²) in [5.74, 6) is 1.40. The van der Waals surface area contributed by atoms with E-state index in [4.69, 9.17) is 5.73 Å². The van der Waals surface area contributed by atoms with Crippen LogP contribution in [-0.2, 0) is 6.42 Å². The van der Waals surface area contributed by atoms with Crippen LogP contribution in [0.3, 0.4) is 0 Å². The Hall–Kier alpha value is -0.820. The first-order valence-corrected chi connectivity index (χ1v) is 7.00. The van der Waals surface area contributed by atoms with Crippen LogP contribution in [0.1, 0.15) is 68.7 Å². The van der Waals surface area contributed by atoms with Crippen LogP contribution in [-0.4, -0.2) is 0 Å². The lowest BCUT2D eigenvalue weighted by Gasteiger charge is -2.17. The summed E-state index contributed by atoms with van der Waals surface area (Å²) in [4.78, 5) is 0. The van der Waals surface area contributed by atoms with E-state index in [-0.39, 0.29) is 6.04 Å². The van der Waals surface area contributed by atoms with Crippen molar-refractivity contribution >= 4 is 0 Å². The van der Waals surface area contributed by atoms with Gasteiger partial charge < -0.3 is 5.73 Å². The molecule has 0 spiro atoms. The average molecular weight is 231 g/mol. The molecule has 3 atom stereocenters. The van der Waals surface area contributed by atoms with E-state index in [0.29, 0.717) is 5.92 Å². The van der Waals surface area contributed by atoms with E-state index in [1.165, 1.54) is 36.0 Å². The van der Waals surface area contributed by atoms with Crippen molar-refractivity contribution in [3.8, 4) is 0 Å². The summed E-state index contributed by atoms with van der Waals surface area (Å²) in [5.41, 5.74) is 10.7.